The first-order valence-electron chi connectivity index (χ1n) is 9.47. The molecule has 3 nitrogen and oxygen atoms in total. The van der Waals surface area contributed by atoms with E-state index in [1.807, 2.05) is 31.2 Å². The van der Waals surface area contributed by atoms with Gasteiger partial charge in [0.05, 0.1) is 12.5 Å². The molecule has 0 spiro atoms. The van der Waals surface area contributed by atoms with Crippen LogP contribution in [0.2, 0.25) is 0 Å². The van der Waals surface area contributed by atoms with Crippen molar-refractivity contribution in [3.63, 3.8) is 0 Å². The van der Waals surface area contributed by atoms with Gasteiger partial charge >= 0.3 is 0 Å². The predicted octanol–water partition coefficient (Wildman–Crippen LogP) is 5.66. The number of anilines is 1. The second-order valence-electron chi connectivity index (χ2n) is 7.78. The highest BCUT2D eigenvalue weighted by molar-refractivity contribution is 5.95. The zero-order valence-electron chi connectivity index (χ0n) is 16.6. The van der Waals surface area contributed by atoms with Gasteiger partial charge in [0.2, 0.25) is 5.91 Å². The van der Waals surface area contributed by atoms with E-state index in [-0.39, 0.29) is 11.8 Å². The molecular weight excluding hydrogens is 322 g/mol. The molecule has 3 heteroatoms. The lowest BCUT2D eigenvalue weighted by Gasteiger charge is -2.15. The van der Waals surface area contributed by atoms with E-state index in [1.54, 1.807) is 0 Å². The van der Waals surface area contributed by atoms with Crippen molar-refractivity contribution in [2.45, 2.75) is 47.0 Å². The van der Waals surface area contributed by atoms with Gasteiger partial charge in [0.25, 0.3) is 0 Å². The summed E-state index contributed by atoms with van der Waals surface area (Å²) in [6.45, 7) is 11.2. The summed E-state index contributed by atoms with van der Waals surface area (Å²) in [5.74, 6) is 1.66. The zero-order valence-corrected chi connectivity index (χ0v) is 16.6. The van der Waals surface area contributed by atoms with E-state index in [0.717, 1.165) is 23.4 Å². The summed E-state index contributed by atoms with van der Waals surface area (Å²) in [5.41, 5.74) is 3.10. The Morgan fingerprint density at radius 1 is 0.962 bits per heavy atom. The second kappa shape index (κ2) is 9.42. The van der Waals surface area contributed by atoms with Crippen LogP contribution in [0.5, 0.6) is 5.75 Å². The number of nitrogens with one attached hydrogen (secondary N) is 1. The van der Waals surface area contributed by atoms with Gasteiger partial charge in [-0.2, -0.15) is 0 Å². The summed E-state index contributed by atoms with van der Waals surface area (Å²) in [6, 6.07) is 15.9. The van der Waals surface area contributed by atoms with Crippen molar-refractivity contribution in [1.29, 1.82) is 0 Å². The summed E-state index contributed by atoms with van der Waals surface area (Å²) >= 11 is 0. The lowest BCUT2D eigenvalue weighted by molar-refractivity contribution is -0.117. The average molecular weight is 354 g/mol. The molecule has 26 heavy (non-hydrogen) atoms. The Kier molecular flexibility index (Phi) is 7.26. The number of benzene rings is 2. The Labute approximate surface area is 157 Å². The number of carbonyl (C=O) groups is 1. The first-order valence-corrected chi connectivity index (χ1v) is 9.47. The monoisotopic (exact) mass is 353 g/mol. The molecule has 0 fully saturated rings. The highest BCUT2D eigenvalue weighted by Gasteiger charge is 2.15. The Morgan fingerprint density at radius 3 is 2.27 bits per heavy atom. The largest absolute Gasteiger partial charge is 0.493 e. The number of rotatable bonds is 8. The number of amides is 1. The number of carbonyl (C=O) groups excluding carboxylic acids is 1. The van der Waals surface area contributed by atoms with E-state index in [1.165, 1.54) is 5.56 Å². The van der Waals surface area contributed by atoms with E-state index >= 15 is 0 Å². The van der Waals surface area contributed by atoms with Crippen molar-refractivity contribution in [3.05, 3.63) is 59.7 Å². The maximum Gasteiger partial charge on any atom is 0.231 e. The van der Waals surface area contributed by atoms with Crippen molar-refractivity contribution < 1.29 is 9.53 Å². The number of hydrogen-bond donors (Lipinski definition) is 1. The molecule has 2 aromatic carbocycles. The number of ether oxygens (including phenoxy) is 1. The normalized spacial score (nSPS) is 12.3. The van der Waals surface area contributed by atoms with Crippen molar-refractivity contribution >= 4 is 11.6 Å². The van der Waals surface area contributed by atoms with Crippen LogP contribution < -0.4 is 10.1 Å². The lowest BCUT2D eigenvalue weighted by atomic mass is 9.96. The molecule has 1 amide bonds. The van der Waals surface area contributed by atoms with Gasteiger partial charge in [-0.3, -0.25) is 4.79 Å². The maximum atomic E-state index is 12.6. The summed E-state index contributed by atoms with van der Waals surface area (Å²) in [4.78, 5) is 12.6. The average Bonchev–Trinajstić information content (AvgIpc) is 2.60. The van der Waals surface area contributed by atoms with Gasteiger partial charge in [0.1, 0.15) is 5.75 Å². The molecule has 0 aromatic heterocycles. The fourth-order valence-electron chi connectivity index (χ4n) is 2.74. The quantitative estimate of drug-likeness (QED) is 0.665. The molecule has 140 valence electrons. The summed E-state index contributed by atoms with van der Waals surface area (Å²) in [6.07, 6.45) is 1.06. The molecule has 0 saturated carbocycles. The molecule has 0 radical (unpaired) electrons. The van der Waals surface area contributed by atoms with Crippen molar-refractivity contribution in [2.24, 2.45) is 11.8 Å². The molecule has 1 unspecified atom stereocenters. The van der Waals surface area contributed by atoms with Crippen LogP contribution in [0.3, 0.4) is 0 Å². The molecule has 0 bridgehead atoms. The van der Waals surface area contributed by atoms with Crippen LogP contribution in [0.15, 0.2) is 48.5 Å². The molecule has 0 aliphatic rings. The van der Waals surface area contributed by atoms with Crippen LogP contribution in [0.1, 0.15) is 51.7 Å². The van der Waals surface area contributed by atoms with Crippen LogP contribution in [-0.2, 0) is 11.2 Å². The van der Waals surface area contributed by atoms with Crippen LogP contribution in [-0.4, -0.2) is 12.5 Å². The molecule has 0 aliphatic carbocycles. The first kappa shape index (κ1) is 20.0. The lowest BCUT2D eigenvalue weighted by Crippen LogP contribution is -2.19. The standard InChI is InChI=1S/C23H31NO2/c1-16(2)13-19-9-11-20(12-10-19)18(5)23(25)24-21-7-6-8-22(14-21)26-15-17(3)4/h6-12,14,16-18H,13,15H2,1-5H3,(H,24,25). The Balaban J connectivity index is 1.99. The Hall–Kier alpha value is -2.29. The van der Waals surface area contributed by atoms with Crippen LogP contribution in [0, 0.1) is 11.8 Å². The summed E-state index contributed by atoms with van der Waals surface area (Å²) in [5, 5.41) is 3.00. The fourth-order valence-corrected chi connectivity index (χ4v) is 2.74. The third-order valence-corrected chi connectivity index (χ3v) is 4.20. The smallest absolute Gasteiger partial charge is 0.231 e. The van der Waals surface area contributed by atoms with Gasteiger partial charge in [-0.25, -0.2) is 0 Å². The number of hydrogen-bond acceptors (Lipinski definition) is 2. The Morgan fingerprint density at radius 2 is 1.65 bits per heavy atom. The van der Waals surface area contributed by atoms with Gasteiger partial charge in [0, 0.05) is 11.8 Å². The van der Waals surface area contributed by atoms with Gasteiger partial charge in [-0.1, -0.05) is 58.0 Å². The minimum atomic E-state index is -0.205. The third-order valence-electron chi connectivity index (χ3n) is 4.20. The van der Waals surface area contributed by atoms with Crippen LogP contribution in [0.25, 0.3) is 0 Å². The van der Waals surface area contributed by atoms with Gasteiger partial charge in [0.15, 0.2) is 0 Å². The maximum absolute atomic E-state index is 12.6. The molecule has 0 aliphatic heterocycles. The molecule has 2 rings (SSSR count). The van der Waals surface area contributed by atoms with Crippen LogP contribution in [0.4, 0.5) is 5.69 Å². The second-order valence-corrected chi connectivity index (χ2v) is 7.78. The predicted molar refractivity (Wildman–Crippen MR) is 109 cm³/mol. The minimum absolute atomic E-state index is 0.0115. The summed E-state index contributed by atoms with van der Waals surface area (Å²) < 4.78 is 5.73. The van der Waals surface area contributed by atoms with Gasteiger partial charge in [-0.15, -0.1) is 0 Å². The summed E-state index contributed by atoms with van der Waals surface area (Å²) in [7, 11) is 0. The van der Waals surface area contributed by atoms with Crippen molar-refractivity contribution in [3.8, 4) is 5.75 Å². The van der Waals surface area contributed by atoms with Gasteiger partial charge in [-0.05, 0) is 48.4 Å². The SMILES string of the molecule is CC(C)COc1cccc(NC(=O)C(C)c2ccc(CC(C)C)cc2)c1. The molecule has 0 heterocycles. The van der Waals surface area contributed by atoms with E-state index in [2.05, 4.69) is 57.3 Å². The van der Waals surface area contributed by atoms with E-state index in [9.17, 15) is 4.79 Å². The first-order chi connectivity index (χ1) is 12.3. The van der Waals surface area contributed by atoms with E-state index in [4.69, 9.17) is 4.74 Å². The molecular formula is C23H31NO2. The van der Waals surface area contributed by atoms with Crippen molar-refractivity contribution in [1.82, 2.24) is 0 Å². The van der Waals surface area contributed by atoms with Crippen LogP contribution >= 0.6 is 0 Å². The van der Waals surface area contributed by atoms with Crippen molar-refractivity contribution in [2.75, 3.05) is 11.9 Å². The van der Waals surface area contributed by atoms with E-state index < -0.39 is 0 Å². The highest BCUT2D eigenvalue weighted by Crippen LogP contribution is 2.22. The third kappa shape index (κ3) is 6.21. The highest BCUT2D eigenvalue weighted by atomic mass is 16.5. The van der Waals surface area contributed by atoms with E-state index in [0.29, 0.717) is 18.4 Å². The molecule has 1 atom stereocenters. The van der Waals surface area contributed by atoms with Gasteiger partial charge < -0.3 is 10.1 Å². The fraction of sp³-hybridized carbons (Fsp3) is 0.435. The minimum Gasteiger partial charge on any atom is -0.493 e. The molecule has 2 aromatic rings. The Bertz CT molecular complexity index is 704. The zero-order chi connectivity index (χ0) is 19.1. The molecule has 1 N–H and O–H groups in total. The topological polar surface area (TPSA) is 38.3 Å². The molecule has 0 saturated heterocycles.